The molecule has 0 aliphatic heterocycles. The molecule has 3 aromatic rings. The van der Waals surface area contributed by atoms with Gasteiger partial charge in [-0.25, -0.2) is 4.79 Å². The summed E-state index contributed by atoms with van der Waals surface area (Å²) in [7, 11) is 1.60. The molecule has 3 rings (SSSR count). The Morgan fingerprint density at radius 3 is 2.54 bits per heavy atom. The van der Waals surface area contributed by atoms with E-state index in [9.17, 15) is 9.59 Å². The molecule has 134 valence electrons. The number of rotatable bonds is 6. The van der Waals surface area contributed by atoms with Crippen LogP contribution in [0.5, 0.6) is 5.75 Å². The molecule has 0 saturated heterocycles. The maximum Gasteiger partial charge on any atom is 0.349 e. The van der Waals surface area contributed by atoms with Crippen molar-refractivity contribution < 1.29 is 19.1 Å². The first kappa shape index (κ1) is 17.9. The Morgan fingerprint density at radius 2 is 1.85 bits per heavy atom. The lowest BCUT2D eigenvalue weighted by Gasteiger charge is -2.13. The van der Waals surface area contributed by atoms with Crippen molar-refractivity contribution in [1.29, 1.82) is 0 Å². The number of benzene rings is 2. The highest BCUT2D eigenvalue weighted by Gasteiger charge is 2.20. The largest absolute Gasteiger partial charge is 0.497 e. The number of hydrogen-bond donors (Lipinski definition) is 1. The molecule has 1 atom stereocenters. The first-order chi connectivity index (χ1) is 12.6. The number of hydrogen-bond acceptors (Lipinski definition) is 5. The van der Waals surface area contributed by atoms with Gasteiger partial charge in [-0.1, -0.05) is 30.3 Å². The van der Waals surface area contributed by atoms with Crippen LogP contribution in [0.1, 0.15) is 22.2 Å². The molecular weight excluding hydrogens is 350 g/mol. The molecule has 0 fully saturated rings. The molecular formula is C20H19NO4S. The summed E-state index contributed by atoms with van der Waals surface area (Å²) in [6, 6.07) is 16.9. The van der Waals surface area contributed by atoms with E-state index in [1.54, 1.807) is 20.1 Å². The highest BCUT2D eigenvalue weighted by Crippen LogP contribution is 2.26. The first-order valence-corrected chi connectivity index (χ1v) is 8.98. The van der Waals surface area contributed by atoms with E-state index >= 15 is 0 Å². The van der Waals surface area contributed by atoms with Gasteiger partial charge in [0.25, 0.3) is 5.91 Å². The Balaban J connectivity index is 1.55. The Bertz CT molecular complexity index is 884. The van der Waals surface area contributed by atoms with Crippen LogP contribution in [0.4, 0.5) is 0 Å². The lowest BCUT2D eigenvalue weighted by molar-refractivity contribution is -0.129. The van der Waals surface area contributed by atoms with Crippen molar-refractivity contribution >= 4 is 33.3 Å². The Morgan fingerprint density at radius 1 is 1.12 bits per heavy atom. The summed E-state index contributed by atoms with van der Waals surface area (Å²) in [4.78, 5) is 24.9. The molecule has 2 aromatic carbocycles. The standard InChI is InChI=1S/C20H19NO4S/c1-13(19(22)21-12-14-7-9-16(24-2)10-8-14)25-20(23)18-11-15-5-3-4-6-17(15)26-18/h3-11,13H,12H2,1-2H3,(H,21,22)/t13-/m1/s1. The van der Waals surface area contributed by atoms with Crippen molar-refractivity contribution in [3.05, 3.63) is 65.0 Å². The van der Waals surface area contributed by atoms with Crippen LogP contribution < -0.4 is 10.1 Å². The van der Waals surface area contributed by atoms with E-state index in [0.717, 1.165) is 21.4 Å². The van der Waals surface area contributed by atoms with Gasteiger partial charge in [-0.2, -0.15) is 0 Å². The number of nitrogens with one attached hydrogen (secondary N) is 1. The van der Waals surface area contributed by atoms with Gasteiger partial charge in [0, 0.05) is 11.2 Å². The molecule has 0 radical (unpaired) electrons. The molecule has 0 aliphatic rings. The molecule has 1 N–H and O–H groups in total. The fraction of sp³-hybridized carbons (Fsp3) is 0.200. The summed E-state index contributed by atoms with van der Waals surface area (Å²) >= 11 is 1.35. The van der Waals surface area contributed by atoms with E-state index in [2.05, 4.69) is 5.32 Å². The molecule has 1 amide bonds. The molecule has 1 heterocycles. The predicted molar refractivity (Wildman–Crippen MR) is 102 cm³/mol. The Hall–Kier alpha value is -2.86. The van der Waals surface area contributed by atoms with Gasteiger partial charge >= 0.3 is 5.97 Å². The molecule has 0 bridgehead atoms. The fourth-order valence-corrected chi connectivity index (χ4v) is 3.38. The average molecular weight is 369 g/mol. The van der Waals surface area contributed by atoms with Crippen molar-refractivity contribution in [3.8, 4) is 5.75 Å². The number of fused-ring (bicyclic) bond motifs is 1. The zero-order chi connectivity index (χ0) is 18.5. The van der Waals surface area contributed by atoms with E-state index in [0.29, 0.717) is 11.4 Å². The van der Waals surface area contributed by atoms with Crippen LogP contribution in [0.2, 0.25) is 0 Å². The third-order valence-corrected chi connectivity index (χ3v) is 5.00. The number of thiophene rings is 1. The third kappa shape index (κ3) is 4.21. The van der Waals surface area contributed by atoms with Gasteiger partial charge in [0.05, 0.1) is 7.11 Å². The zero-order valence-electron chi connectivity index (χ0n) is 14.5. The zero-order valence-corrected chi connectivity index (χ0v) is 15.3. The van der Waals surface area contributed by atoms with E-state index in [-0.39, 0.29) is 5.91 Å². The third-order valence-electron chi connectivity index (χ3n) is 3.91. The minimum atomic E-state index is -0.869. The fourth-order valence-electron chi connectivity index (χ4n) is 2.43. The van der Waals surface area contributed by atoms with Gasteiger partial charge in [-0.3, -0.25) is 4.79 Å². The van der Waals surface area contributed by atoms with E-state index in [1.807, 2.05) is 48.5 Å². The predicted octanol–water partition coefficient (Wildman–Crippen LogP) is 3.77. The summed E-state index contributed by atoms with van der Waals surface area (Å²) in [5, 5.41) is 3.75. The summed E-state index contributed by atoms with van der Waals surface area (Å²) in [5.41, 5.74) is 0.933. The number of carbonyl (C=O) groups is 2. The second-order valence-electron chi connectivity index (χ2n) is 5.76. The minimum absolute atomic E-state index is 0.338. The summed E-state index contributed by atoms with van der Waals surface area (Å²) in [6.07, 6.45) is -0.869. The molecule has 6 heteroatoms. The van der Waals surface area contributed by atoms with E-state index in [1.165, 1.54) is 11.3 Å². The quantitative estimate of drug-likeness (QED) is 0.672. The van der Waals surface area contributed by atoms with Crippen LogP contribution in [0.15, 0.2) is 54.6 Å². The Kier molecular flexibility index (Phi) is 5.53. The van der Waals surface area contributed by atoms with Crippen molar-refractivity contribution in [3.63, 3.8) is 0 Å². The topological polar surface area (TPSA) is 64.6 Å². The molecule has 0 spiro atoms. The normalized spacial score (nSPS) is 11.8. The van der Waals surface area contributed by atoms with Crippen molar-refractivity contribution in [2.45, 2.75) is 19.6 Å². The lowest BCUT2D eigenvalue weighted by atomic mass is 10.2. The number of amides is 1. The number of carbonyl (C=O) groups excluding carboxylic acids is 2. The number of methoxy groups -OCH3 is 1. The van der Waals surface area contributed by atoms with Gasteiger partial charge < -0.3 is 14.8 Å². The van der Waals surface area contributed by atoms with Crippen molar-refractivity contribution in [1.82, 2.24) is 5.32 Å². The van der Waals surface area contributed by atoms with E-state index < -0.39 is 12.1 Å². The minimum Gasteiger partial charge on any atom is -0.497 e. The van der Waals surface area contributed by atoms with E-state index in [4.69, 9.17) is 9.47 Å². The monoisotopic (exact) mass is 369 g/mol. The molecule has 0 saturated carbocycles. The molecule has 26 heavy (non-hydrogen) atoms. The van der Waals surface area contributed by atoms with Crippen LogP contribution >= 0.6 is 11.3 Å². The highest BCUT2D eigenvalue weighted by molar-refractivity contribution is 7.20. The highest BCUT2D eigenvalue weighted by atomic mass is 32.1. The van der Waals surface area contributed by atoms with Gasteiger partial charge in [0.2, 0.25) is 0 Å². The van der Waals surface area contributed by atoms with Gasteiger partial charge in [-0.15, -0.1) is 11.3 Å². The molecule has 1 aromatic heterocycles. The van der Waals surface area contributed by atoms with Crippen LogP contribution in [0.3, 0.4) is 0 Å². The summed E-state index contributed by atoms with van der Waals surface area (Å²) in [6.45, 7) is 1.92. The second-order valence-corrected chi connectivity index (χ2v) is 6.85. The van der Waals surface area contributed by atoms with Gasteiger partial charge in [-0.05, 0) is 42.1 Å². The lowest BCUT2D eigenvalue weighted by Crippen LogP contribution is -2.35. The maximum absolute atomic E-state index is 12.3. The SMILES string of the molecule is COc1ccc(CNC(=O)[C@@H](C)OC(=O)c2cc3ccccc3s2)cc1. The van der Waals surface area contributed by atoms with Crippen LogP contribution in [-0.2, 0) is 16.1 Å². The number of ether oxygens (including phenoxy) is 2. The van der Waals surface area contributed by atoms with Gasteiger partial charge in [0.1, 0.15) is 10.6 Å². The average Bonchev–Trinajstić information content (AvgIpc) is 3.10. The Labute approximate surface area is 155 Å². The first-order valence-electron chi connectivity index (χ1n) is 8.17. The number of esters is 1. The molecule has 0 unspecified atom stereocenters. The van der Waals surface area contributed by atoms with Crippen LogP contribution in [0.25, 0.3) is 10.1 Å². The second kappa shape index (κ2) is 8.01. The molecule has 5 nitrogen and oxygen atoms in total. The van der Waals surface area contributed by atoms with Gasteiger partial charge in [0.15, 0.2) is 6.10 Å². The summed E-state index contributed by atoms with van der Waals surface area (Å²) in [5.74, 6) is -0.0701. The maximum atomic E-state index is 12.3. The molecule has 0 aliphatic carbocycles. The smallest absolute Gasteiger partial charge is 0.349 e. The van der Waals surface area contributed by atoms with Crippen molar-refractivity contribution in [2.75, 3.05) is 7.11 Å². The van der Waals surface area contributed by atoms with Crippen LogP contribution in [-0.4, -0.2) is 25.1 Å². The van der Waals surface area contributed by atoms with Crippen LogP contribution in [0, 0.1) is 0 Å². The summed E-state index contributed by atoms with van der Waals surface area (Å²) < 4.78 is 11.4. The van der Waals surface area contributed by atoms with Crippen molar-refractivity contribution in [2.24, 2.45) is 0 Å².